The fourth-order valence-electron chi connectivity index (χ4n) is 1.61. The minimum absolute atomic E-state index is 0.0425. The average Bonchev–Trinajstić information content (AvgIpc) is 2.56. The maximum absolute atomic E-state index is 11.8. The van der Waals surface area contributed by atoms with Gasteiger partial charge in [-0.05, 0) is 26.0 Å². The van der Waals surface area contributed by atoms with Crippen LogP contribution in [0.25, 0.3) is 0 Å². The van der Waals surface area contributed by atoms with E-state index in [1.807, 2.05) is 32.0 Å². The van der Waals surface area contributed by atoms with Crippen LogP contribution in [-0.4, -0.2) is 39.8 Å². The minimum atomic E-state index is -0.780. The van der Waals surface area contributed by atoms with Crippen molar-refractivity contribution in [2.24, 2.45) is 0 Å². The largest absolute Gasteiger partial charge is 0.454 e. The number of carbonyl (C=O) groups is 2. The second kappa shape index (κ2) is 7.35. The van der Waals surface area contributed by atoms with Crippen molar-refractivity contribution in [1.29, 1.82) is 0 Å². The molecule has 0 fully saturated rings. The summed E-state index contributed by atoms with van der Waals surface area (Å²) in [5, 5.41) is 2.36. The summed E-state index contributed by atoms with van der Waals surface area (Å²) in [6.07, 6.45) is 2.85. The van der Waals surface area contributed by atoms with Gasteiger partial charge in [-0.15, -0.1) is 0 Å². The van der Waals surface area contributed by atoms with E-state index in [0.29, 0.717) is 11.5 Å². The standard InChI is InChI=1S/C16H18N4O3/c1-11(2)20(3)15(22)14(21)19-16-17-9-13(10-18-16)23-12-7-5-4-6-8-12/h4-11H,1-3H3,(H,17,18,19,21). The van der Waals surface area contributed by atoms with Crippen LogP contribution in [0.3, 0.4) is 0 Å². The molecule has 1 N–H and O–H groups in total. The lowest BCUT2D eigenvalue weighted by molar-refractivity contribution is -0.143. The van der Waals surface area contributed by atoms with Crippen LogP contribution in [0, 0.1) is 0 Å². The van der Waals surface area contributed by atoms with Crippen LogP contribution in [0.2, 0.25) is 0 Å². The van der Waals surface area contributed by atoms with E-state index >= 15 is 0 Å². The number of nitrogens with one attached hydrogen (secondary N) is 1. The van der Waals surface area contributed by atoms with Gasteiger partial charge in [0.25, 0.3) is 0 Å². The highest BCUT2D eigenvalue weighted by Crippen LogP contribution is 2.19. The van der Waals surface area contributed by atoms with Gasteiger partial charge < -0.3 is 9.64 Å². The highest BCUT2D eigenvalue weighted by atomic mass is 16.5. The Kier molecular flexibility index (Phi) is 5.24. The van der Waals surface area contributed by atoms with E-state index < -0.39 is 11.8 Å². The molecule has 0 spiro atoms. The molecule has 0 saturated carbocycles. The summed E-state index contributed by atoms with van der Waals surface area (Å²) in [6.45, 7) is 3.63. The third-order valence-electron chi connectivity index (χ3n) is 3.12. The zero-order valence-corrected chi connectivity index (χ0v) is 13.2. The first-order valence-corrected chi connectivity index (χ1v) is 7.10. The van der Waals surface area contributed by atoms with Crippen LogP contribution in [0.1, 0.15) is 13.8 Å². The molecule has 1 heterocycles. The number of carbonyl (C=O) groups excluding carboxylic acids is 2. The topological polar surface area (TPSA) is 84.4 Å². The summed E-state index contributed by atoms with van der Waals surface area (Å²) in [6, 6.07) is 9.11. The number of hydrogen-bond acceptors (Lipinski definition) is 5. The van der Waals surface area contributed by atoms with Crippen molar-refractivity contribution in [3.05, 3.63) is 42.7 Å². The van der Waals surface area contributed by atoms with Crippen molar-refractivity contribution in [2.75, 3.05) is 12.4 Å². The molecule has 7 heteroatoms. The summed E-state index contributed by atoms with van der Waals surface area (Å²) in [7, 11) is 1.56. The van der Waals surface area contributed by atoms with E-state index in [1.165, 1.54) is 17.3 Å². The normalized spacial score (nSPS) is 10.3. The van der Waals surface area contributed by atoms with Crippen LogP contribution in [0.4, 0.5) is 5.95 Å². The highest BCUT2D eigenvalue weighted by molar-refractivity contribution is 6.39. The zero-order chi connectivity index (χ0) is 16.8. The third-order valence-corrected chi connectivity index (χ3v) is 3.12. The van der Waals surface area contributed by atoms with Crippen LogP contribution in [0.5, 0.6) is 11.5 Å². The molecule has 1 aromatic heterocycles. The summed E-state index contributed by atoms with van der Waals surface area (Å²) in [4.78, 5) is 32.9. The number of rotatable bonds is 4. The fourth-order valence-corrected chi connectivity index (χ4v) is 1.61. The molecule has 2 rings (SSSR count). The molecule has 2 amide bonds. The van der Waals surface area contributed by atoms with Gasteiger partial charge in [0.1, 0.15) is 5.75 Å². The lowest BCUT2D eigenvalue weighted by Crippen LogP contribution is -2.41. The lowest BCUT2D eigenvalue weighted by atomic mass is 10.3. The second-order valence-corrected chi connectivity index (χ2v) is 5.12. The third kappa shape index (κ3) is 4.50. The first-order valence-electron chi connectivity index (χ1n) is 7.10. The Labute approximate surface area is 134 Å². The molecular weight excluding hydrogens is 296 g/mol. The van der Waals surface area contributed by atoms with Crippen molar-refractivity contribution in [2.45, 2.75) is 19.9 Å². The molecular formula is C16H18N4O3. The molecule has 0 saturated heterocycles. The quantitative estimate of drug-likeness (QED) is 0.873. The number of para-hydroxylation sites is 1. The Hall–Kier alpha value is -2.96. The summed E-state index contributed by atoms with van der Waals surface area (Å²) >= 11 is 0. The minimum Gasteiger partial charge on any atom is -0.454 e. The predicted molar refractivity (Wildman–Crippen MR) is 85.1 cm³/mol. The Morgan fingerprint density at radius 3 is 2.26 bits per heavy atom. The number of likely N-dealkylation sites (N-methyl/N-ethyl adjacent to an activating group) is 1. The van der Waals surface area contributed by atoms with Gasteiger partial charge in [-0.2, -0.15) is 0 Å². The maximum Gasteiger partial charge on any atom is 0.316 e. The van der Waals surface area contributed by atoms with Gasteiger partial charge in [0.15, 0.2) is 5.75 Å². The van der Waals surface area contributed by atoms with Crippen molar-refractivity contribution in [1.82, 2.24) is 14.9 Å². The summed E-state index contributed by atoms with van der Waals surface area (Å²) in [5.74, 6) is -0.298. The van der Waals surface area contributed by atoms with E-state index in [-0.39, 0.29) is 12.0 Å². The SMILES string of the molecule is CC(C)N(C)C(=O)C(=O)Nc1ncc(Oc2ccccc2)cn1. The lowest BCUT2D eigenvalue weighted by Gasteiger charge is -2.20. The number of benzene rings is 1. The molecule has 0 unspecified atom stereocenters. The Bertz CT molecular complexity index is 671. The van der Waals surface area contributed by atoms with E-state index in [4.69, 9.17) is 4.74 Å². The number of amides is 2. The molecule has 0 atom stereocenters. The Morgan fingerprint density at radius 1 is 1.09 bits per heavy atom. The number of nitrogens with zero attached hydrogens (tertiary/aromatic N) is 3. The van der Waals surface area contributed by atoms with Gasteiger partial charge in [0.2, 0.25) is 5.95 Å². The molecule has 2 aromatic rings. The monoisotopic (exact) mass is 314 g/mol. The molecule has 0 aliphatic carbocycles. The zero-order valence-electron chi connectivity index (χ0n) is 13.2. The van der Waals surface area contributed by atoms with Crippen LogP contribution >= 0.6 is 0 Å². The smallest absolute Gasteiger partial charge is 0.316 e. The van der Waals surface area contributed by atoms with Gasteiger partial charge in [-0.25, -0.2) is 9.97 Å². The van der Waals surface area contributed by atoms with Crippen molar-refractivity contribution in [3.8, 4) is 11.5 Å². The molecule has 23 heavy (non-hydrogen) atoms. The average molecular weight is 314 g/mol. The molecule has 0 aliphatic rings. The number of aromatic nitrogens is 2. The Morgan fingerprint density at radius 2 is 1.70 bits per heavy atom. The molecule has 120 valence electrons. The van der Waals surface area contributed by atoms with Crippen LogP contribution in [0.15, 0.2) is 42.7 Å². The van der Waals surface area contributed by atoms with Crippen LogP contribution in [-0.2, 0) is 9.59 Å². The van der Waals surface area contributed by atoms with Gasteiger partial charge in [-0.3, -0.25) is 14.9 Å². The number of anilines is 1. The Balaban J connectivity index is 1.97. The van der Waals surface area contributed by atoms with Gasteiger partial charge >= 0.3 is 11.8 Å². The first-order chi connectivity index (χ1) is 11.0. The van der Waals surface area contributed by atoms with Crippen LogP contribution < -0.4 is 10.1 Å². The second-order valence-electron chi connectivity index (χ2n) is 5.12. The molecule has 0 aliphatic heterocycles. The number of hydrogen-bond donors (Lipinski definition) is 1. The number of ether oxygens (including phenoxy) is 1. The van der Waals surface area contributed by atoms with Gasteiger partial charge in [-0.1, -0.05) is 18.2 Å². The van der Waals surface area contributed by atoms with E-state index in [0.717, 1.165) is 0 Å². The van der Waals surface area contributed by atoms with Crippen molar-refractivity contribution >= 4 is 17.8 Å². The molecule has 0 radical (unpaired) electrons. The molecule has 7 nitrogen and oxygen atoms in total. The predicted octanol–water partition coefficient (Wildman–Crippen LogP) is 2.07. The van der Waals surface area contributed by atoms with Gasteiger partial charge in [0.05, 0.1) is 12.4 Å². The summed E-state index contributed by atoms with van der Waals surface area (Å²) in [5.41, 5.74) is 0. The molecule has 0 bridgehead atoms. The van der Waals surface area contributed by atoms with E-state index in [1.54, 1.807) is 19.2 Å². The summed E-state index contributed by atoms with van der Waals surface area (Å²) < 4.78 is 5.54. The highest BCUT2D eigenvalue weighted by Gasteiger charge is 2.21. The van der Waals surface area contributed by atoms with E-state index in [9.17, 15) is 9.59 Å². The fraction of sp³-hybridized carbons (Fsp3) is 0.250. The van der Waals surface area contributed by atoms with Crippen molar-refractivity contribution in [3.63, 3.8) is 0 Å². The first kappa shape index (κ1) is 16.4. The van der Waals surface area contributed by atoms with Gasteiger partial charge in [0, 0.05) is 13.1 Å². The van der Waals surface area contributed by atoms with Crippen molar-refractivity contribution < 1.29 is 14.3 Å². The maximum atomic E-state index is 11.8. The van der Waals surface area contributed by atoms with E-state index in [2.05, 4.69) is 15.3 Å². The molecule has 1 aromatic carbocycles.